The highest BCUT2D eigenvalue weighted by Gasteiger charge is 2.17. The molecule has 0 amide bonds. The second kappa shape index (κ2) is 13.7. The van der Waals surface area contributed by atoms with Crippen LogP contribution in [0.25, 0.3) is 20.5 Å². The van der Waals surface area contributed by atoms with E-state index >= 15 is 0 Å². The first-order valence-corrected chi connectivity index (χ1v) is 14.8. The van der Waals surface area contributed by atoms with Crippen LogP contribution in [-0.2, 0) is 16.0 Å². The van der Waals surface area contributed by atoms with Gasteiger partial charge in [0.15, 0.2) is 11.5 Å². The first-order valence-electron chi connectivity index (χ1n) is 14.0. The fourth-order valence-corrected chi connectivity index (χ4v) is 6.38. The Bertz CT molecular complexity index is 1410. The molecule has 0 atom stereocenters. The molecule has 2 heterocycles. The highest BCUT2D eigenvalue weighted by molar-refractivity contribution is 7.22. The summed E-state index contributed by atoms with van der Waals surface area (Å²) in [7, 11) is 3.11. The van der Waals surface area contributed by atoms with E-state index in [0.717, 1.165) is 35.8 Å². The normalized spacial score (nSPS) is 13.4. The fourth-order valence-electron chi connectivity index (χ4n) is 5.15. The van der Waals surface area contributed by atoms with E-state index in [1.807, 2.05) is 29.5 Å². The zero-order chi connectivity index (χ0) is 27.7. The minimum absolute atomic E-state index is 0.214. The van der Waals surface area contributed by atoms with Crippen LogP contribution in [0.1, 0.15) is 36.8 Å². The van der Waals surface area contributed by atoms with E-state index in [4.69, 9.17) is 14.2 Å². The molecule has 0 radical (unpaired) electrons. The van der Waals surface area contributed by atoms with Gasteiger partial charge in [0.05, 0.1) is 20.8 Å². The van der Waals surface area contributed by atoms with Gasteiger partial charge in [0.2, 0.25) is 0 Å². The van der Waals surface area contributed by atoms with Crippen LogP contribution >= 0.6 is 11.3 Å². The smallest absolute Gasteiger partial charge is 0.305 e. The molecule has 0 bridgehead atoms. The van der Waals surface area contributed by atoms with Gasteiger partial charge in [-0.3, -0.25) is 9.69 Å². The van der Waals surface area contributed by atoms with Gasteiger partial charge in [0.1, 0.15) is 12.4 Å². The molecule has 0 N–H and O–H groups in total. The minimum Gasteiger partial charge on any atom is -0.494 e. The molecular formula is C33H37NO5S. The number of esters is 1. The third-order valence-corrected chi connectivity index (χ3v) is 8.57. The molecule has 0 aliphatic carbocycles. The van der Waals surface area contributed by atoms with Crippen LogP contribution in [0.5, 0.6) is 17.2 Å². The first-order chi connectivity index (χ1) is 19.6. The van der Waals surface area contributed by atoms with E-state index in [0.29, 0.717) is 26.1 Å². The molecule has 5 rings (SSSR count). The van der Waals surface area contributed by atoms with Crippen molar-refractivity contribution in [3.63, 3.8) is 0 Å². The van der Waals surface area contributed by atoms with Crippen LogP contribution in [0.3, 0.4) is 0 Å². The molecule has 1 aromatic heterocycles. The zero-order valence-corrected chi connectivity index (χ0v) is 24.1. The molecular weight excluding hydrogens is 522 g/mol. The number of hydrogen-bond donors (Lipinski definition) is 0. The molecule has 1 aliphatic heterocycles. The first kappa shape index (κ1) is 28.0. The summed E-state index contributed by atoms with van der Waals surface area (Å²) in [4.78, 5) is 15.0. The number of rotatable bonds is 13. The number of carbonyl (C=O) groups is 1. The maximum Gasteiger partial charge on any atom is 0.305 e. The van der Waals surface area contributed by atoms with Gasteiger partial charge >= 0.3 is 5.97 Å². The van der Waals surface area contributed by atoms with Crippen LogP contribution in [0.2, 0.25) is 0 Å². The van der Waals surface area contributed by atoms with Crippen molar-refractivity contribution in [1.29, 1.82) is 0 Å². The maximum atomic E-state index is 11.3. The fraction of sp³-hybridized carbons (Fsp3) is 0.364. The van der Waals surface area contributed by atoms with E-state index in [-0.39, 0.29) is 5.97 Å². The van der Waals surface area contributed by atoms with E-state index in [1.54, 1.807) is 7.11 Å². The second-order valence-electron chi connectivity index (χ2n) is 10.0. The van der Waals surface area contributed by atoms with Crippen molar-refractivity contribution < 1.29 is 23.7 Å². The standard InChI is InChI=1S/C33H37NO5S/c1-36-30-23-24(11-16-29(30)39-21-19-34-17-5-6-18-34)22-28-27-8-3-4-9-31(27)40-33(28)25-12-14-26(15-13-25)38-20-7-10-32(35)37-2/h3-4,8-9,11-16,23H,5-7,10,17-22H2,1-2H3. The van der Waals surface area contributed by atoms with Gasteiger partial charge in [-0.1, -0.05) is 24.3 Å². The lowest BCUT2D eigenvalue weighted by Crippen LogP contribution is -2.25. The second-order valence-corrected chi connectivity index (χ2v) is 11.1. The Labute approximate surface area is 240 Å². The highest BCUT2D eigenvalue weighted by Crippen LogP contribution is 2.41. The predicted molar refractivity (Wildman–Crippen MR) is 161 cm³/mol. The average molecular weight is 560 g/mol. The Morgan fingerprint density at radius 1 is 0.900 bits per heavy atom. The monoisotopic (exact) mass is 559 g/mol. The van der Waals surface area contributed by atoms with Crippen molar-refractivity contribution in [3.8, 4) is 27.7 Å². The van der Waals surface area contributed by atoms with Crippen molar-refractivity contribution in [2.75, 3.05) is 47.1 Å². The van der Waals surface area contributed by atoms with E-state index in [1.165, 1.54) is 59.1 Å². The van der Waals surface area contributed by atoms with Crippen molar-refractivity contribution in [2.24, 2.45) is 0 Å². The quantitative estimate of drug-likeness (QED) is 0.130. The van der Waals surface area contributed by atoms with Crippen molar-refractivity contribution in [1.82, 2.24) is 4.90 Å². The summed E-state index contributed by atoms with van der Waals surface area (Å²) in [6.45, 7) is 4.43. The highest BCUT2D eigenvalue weighted by atomic mass is 32.1. The number of fused-ring (bicyclic) bond motifs is 1. The summed E-state index contributed by atoms with van der Waals surface area (Å²) in [6.07, 6.45) is 4.34. The lowest BCUT2D eigenvalue weighted by atomic mass is 9.98. The Morgan fingerprint density at radius 3 is 2.48 bits per heavy atom. The topological polar surface area (TPSA) is 57.2 Å². The van der Waals surface area contributed by atoms with Gasteiger partial charge in [-0.15, -0.1) is 11.3 Å². The number of carbonyl (C=O) groups excluding carboxylic acids is 1. The minimum atomic E-state index is -0.214. The molecule has 1 aliphatic rings. The van der Waals surface area contributed by atoms with Gasteiger partial charge in [-0.05, 0) is 103 Å². The molecule has 1 saturated heterocycles. The molecule has 7 heteroatoms. The summed E-state index contributed by atoms with van der Waals surface area (Å²) >= 11 is 1.81. The molecule has 6 nitrogen and oxygen atoms in total. The summed E-state index contributed by atoms with van der Waals surface area (Å²) < 4.78 is 23.6. The largest absolute Gasteiger partial charge is 0.494 e. The molecule has 0 spiro atoms. The number of methoxy groups -OCH3 is 2. The van der Waals surface area contributed by atoms with Crippen molar-refractivity contribution >= 4 is 27.4 Å². The Hall–Kier alpha value is -3.55. The summed E-state index contributed by atoms with van der Waals surface area (Å²) in [5, 5.41) is 1.27. The number of ether oxygens (including phenoxy) is 4. The summed E-state index contributed by atoms with van der Waals surface area (Å²) in [6, 6.07) is 23.1. The number of nitrogens with zero attached hydrogens (tertiary/aromatic N) is 1. The zero-order valence-electron chi connectivity index (χ0n) is 23.3. The van der Waals surface area contributed by atoms with Crippen LogP contribution in [0.15, 0.2) is 66.7 Å². The lowest BCUT2D eigenvalue weighted by Gasteiger charge is -2.17. The number of likely N-dealkylation sites (tertiary alicyclic amines) is 1. The van der Waals surface area contributed by atoms with Crippen LogP contribution in [0.4, 0.5) is 0 Å². The number of thiophene rings is 1. The average Bonchev–Trinajstić information content (AvgIpc) is 3.64. The summed E-state index contributed by atoms with van der Waals surface area (Å²) in [5.41, 5.74) is 3.64. The van der Waals surface area contributed by atoms with Crippen LogP contribution in [-0.4, -0.2) is 57.9 Å². The SMILES string of the molecule is COC(=O)CCCOc1ccc(-c2sc3ccccc3c2Cc2ccc(OCCN3CCCC3)c(OC)c2)cc1. The Morgan fingerprint density at radius 2 is 1.70 bits per heavy atom. The molecule has 3 aromatic carbocycles. The van der Waals surface area contributed by atoms with E-state index < -0.39 is 0 Å². The van der Waals surface area contributed by atoms with Gasteiger partial charge < -0.3 is 18.9 Å². The van der Waals surface area contributed by atoms with Crippen LogP contribution < -0.4 is 14.2 Å². The number of benzene rings is 3. The lowest BCUT2D eigenvalue weighted by molar-refractivity contribution is -0.140. The maximum absolute atomic E-state index is 11.3. The molecule has 1 fully saturated rings. The molecule has 4 aromatic rings. The van der Waals surface area contributed by atoms with E-state index in [2.05, 4.69) is 58.2 Å². The van der Waals surface area contributed by atoms with Crippen molar-refractivity contribution in [3.05, 3.63) is 77.9 Å². The molecule has 0 saturated carbocycles. The van der Waals surface area contributed by atoms with Crippen molar-refractivity contribution in [2.45, 2.75) is 32.1 Å². The third kappa shape index (κ3) is 6.95. The molecule has 40 heavy (non-hydrogen) atoms. The van der Waals surface area contributed by atoms with Gasteiger partial charge in [0, 0.05) is 22.5 Å². The van der Waals surface area contributed by atoms with Gasteiger partial charge in [-0.2, -0.15) is 0 Å². The van der Waals surface area contributed by atoms with Crippen LogP contribution in [0, 0.1) is 0 Å². The number of hydrogen-bond acceptors (Lipinski definition) is 7. The van der Waals surface area contributed by atoms with Gasteiger partial charge in [0.25, 0.3) is 0 Å². The summed E-state index contributed by atoms with van der Waals surface area (Å²) in [5.74, 6) is 2.15. The molecule has 210 valence electrons. The Balaban J connectivity index is 1.31. The predicted octanol–water partition coefficient (Wildman–Crippen LogP) is 6.97. The van der Waals surface area contributed by atoms with Gasteiger partial charge in [-0.25, -0.2) is 0 Å². The third-order valence-electron chi connectivity index (χ3n) is 7.31. The molecule has 0 unspecified atom stereocenters. The van der Waals surface area contributed by atoms with E-state index in [9.17, 15) is 4.79 Å². The Kier molecular flexibility index (Phi) is 9.58.